The van der Waals surface area contributed by atoms with E-state index in [-0.39, 0.29) is 18.0 Å². The molecule has 0 aliphatic rings. The number of carbonyl (C=O) groups is 3. The molecule has 1 heterocycles. The van der Waals surface area contributed by atoms with Crippen molar-refractivity contribution in [1.29, 1.82) is 0 Å². The minimum atomic E-state index is -0.713. The summed E-state index contributed by atoms with van der Waals surface area (Å²) in [6, 6.07) is 12.6. The number of amides is 2. The van der Waals surface area contributed by atoms with Gasteiger partial charge in [-0.2, -0.15) is 0 Å². The van der Waals surface area contributed by atoms with Crippen molar-refractivity contribution < 1.29 is 14.4 Å². The molecule has 0 aliphatic heterocycles. The number of nitrogens with zero attached hydrogens (tertiary/aromatic N) is 2. The van der Waals surface area contributed by atoms with E-state index in [1.54, 1.807) is 33.9 Å². The van der Waals surface area contributed by atoms with Gasteiger partial charge in [0.1, 0.15) is 6.54 Å². The van der Waals surface area contributed by atoms with Crippen LogP contribution in [-0.4, -0.2) is 40.2 Å². The van der Waals surface area contributed by atoms with E-state index in [2.05, 4.69) is 21.2 Å². The van der Waals surface area contributed by atoms with Crippen LogP contribution in [0.2, 0.25) is 0 Å². The molecular formula is C23H24BrN3O3. The molecule has 0 bridgehead atoms. The largest absolute Gasteiger partial charge is 0.342 e. The molecule has 3 rings (SSSR count). The first-order valence-corrected chi connectivity index (χ1v) is 10.6. The van der Waals surface area contributed by atoms with Gasteiger partial charge in [-0.05, 0) is 50.6 Å². The van der Waals surface area contributed by atoms with E-state index in [9.17, 15) is 14.4 Å². The van der Waals surface area contributed by atoms with Crippen LogP contribution in [0.4, 0.5) is 5.69 Å². The Labute approximate surface area is 184 Å². The van der Waals surface area contributed by atoms with Crippen LogP contribution >= 0.6 is 15.9 Å². The monoisotopic (exact) mass is 469 g/mol. The number of likely N-dealkylation sites (N-methyl/N-ethyl adjacent to an activating group) is 1. The maximum absolute atomic E-state index is 12.9. The van der Waals surface area contributed by atoms with Gasteiger partial charge in [-0.15, -0.1) is 0 Å². The van der Waals surface area contributed by atoms with Gasteiger partial charge < -0.3 is 14.8 Å². The fourth-order valence-corrected chi connectivity index (χ4v) is 3.66. The average molecular weight is 470 g/mol. The van der Waals surface area contributed by atoms with Crippen molar-refractivity contribution in [2.45, 2.75) is 27.3 Å². The summed E-state index contributed by atoms with van der Waals surface area (Å²) in [7, 11) is 0. The number of carbonyl (C=O) groups excluding carboxylic acids is 3. The van der Waals surface area contributed by atoms with Crippen LogP contribution in [0.1, 0.15) is 29.8 Å². The molecule has 0 aliphatic carbocycles. The Morgan fingerprint density at radius 3 is 2.43 bits per heavy atom. The summed E-state index contributed by atoms with van der Waals surface area (Å²) < 4.78 is 2.66. The zero-order chi connectivity index (χ0) is 21.8. The van der Waals surface area contributed by atoms with E-state index in [4.69, 9.17) is 0 Å². The lowest BCUT2D eigenvalue weighted by Gasteiger charge is -2.19. The standard InChI is InChI=1S/C23H24BrN3O3/c1-4-26(5-2)21(28)14-27-13-18(17-8-6-7-9-20(17)27)22(29)23(30)25-16-10-11-19(24)15(3)12-16/h6-13H,4-5,14H2,1-3H3,(H,25,30). The second-order valence-electron chi connectivity index (χ2n) is 7.00. The van der Waals surface area contributed by atoms with E-state index in [0.29, 0.717) is 24.2 Å². The highest BCUT2D eigenvalue weighted by atomic mass is 79.9. The number of benzene rings is 2. The number of nitrogens with one attached hydrogen (secondary N) is 1. The summed E-state index contributed by atoms with van der Waals surface area (Å²) in [5.74, 6) is -1.38. The number of para-hydroxylation sites is 1. The molecule has 30 heavy (non-hydrogen) atoms. The molecule has 1 aromatic heterocycles. The lowest BCUT2D eigenvalue weighted by atomic mass is 10.1. The van der Waals surface area contributed by atoms with Gasteiger partial charge in [0.25, 0.3) is 11.7 Å². The Bertz CT molecular complexity index is 1120. The summed E-state index contributed by atoms with van der Waals surface area (Å²) in [4.78, 5) is 39.9. The maximum atomic E-state index is 12.9. The second-order valence-corrected chi connectivity index (χ2v) is 7.86. The Morgan fingerprint density at radius 2 is 1.77 bits per heavy atom. The molecule has 0 unspecified atom stereocenters. The van der Waals surface area contributed by atoms with E-state index in [1.807, 2.05) is 45.0 Å². The van der Waals surface area contributed by atoms with Crippen molar-refractivity contribution in [2.75, 3.05) is 18.4 Å². The number of hydrogen-bond acceptors (Lipinski definition) is 3. The highest BCUT2D eigenvalue weighted by molar-refractivity contribution is 9.10. The van der Waals surface area contributed by atoms with Gasteiger partial charge in [0.15, 0.2) is 0 Å². The third-order valence-electron chi connectivity index (χ3n) is 5.08. The Kier molecular flexibility index (Phi) is 6.72. The number of halogens is 1. The van der Waals surface area contributed by atoms with Gasteiger partial charge in [0.2, 0.25) is 5.91 Å². The average Bonchev–Trinajstić information content (AvgIpc) is 3.09. The van der Waals surface area contributed by atoms with Crippen LogP contribution in [0.25, 0.3) is 10.9 Å². The summed E-state index contributed by atoms with van der Waals surface area (Å²) in [6.07, 6.45) is 1.60. The van der Waals surface area contributed by atoms with Gasteiger partial charge >= 0.3 is 0 Å². The number of hydrogen-bond donors (Lipinski definition) is 1. The fourth-order valence-electron chi connectivity index (χ4n) is 3.41. The second kappa shape index (κ2) is 9.26. The summed E-state index contributed by atoms with van der Waals surface area (Å²) >= 11 is 3.42. The van der Waals surface area contributed by atoms with E-state index in [1.165, 1.54) is 0 Å². The van der Waals surface area contributed by atoms with Crippen molar-refractivity contribution in [1.82, 2.24) is 9.47 Å². The van der Waals surface area contributed by atoms with Crippen LogP contribution in [0.15, 0.2) is 53.1 Å². The molecule has 6 nitrogen and oxygen atoms in total. The minimum Gasteiger partial charge on any atom is -0.342 e. The van der Waals surface area contributed by atoms with Crippen molar-refractivity contribution >= 4 is 50.1 Å². The van der Waals surface area contributed by atoms with Crippen LogP contribution in [-0.2, 0) is 16.1 Å². The van der Waals surface area contributed by atoms with Crippen LogP contribution < -0.4 is 5.32 Å². The molecule has 1 N–H and O–H groups in total. The van der Waals surface area contributed by atoms with Crippen molar-refractivity contribution in [2.24, 2.45) is 0 Å². The predicted molar refractivity (Wildman–Crippen MR) is 122 cm³/mol. The quantitative estimate of drug-likeness (QED) is 0.411. The smallest absolute Gasteiger partial charge is 0.296 e. The Morgan fingerprint density at radius 1 is 1.07 bits per heavy atom. The molecule has 2 amide bonds. The lowest BCUT2D eigenvalue weighted by molar-refractivity contribution is -0.131. The van der Waals surface area contributed by atoms with E-state index < -0.39 is 11.7 Å². The molecule has 0 fully saturated rings. The normalized spacial score (nSPS) is 10.8. The number of anilines is 1. The van der Waals surface area contributed by atoms with Crippen LogP contribution in [0, 0.1) is 6.92 Å². The Hall–Kier alpha value is -2.93. The molecule has 3 aromatic rings. The maximum Gasteiger partial charge on any atom is 0.296 e. The molecule has 0 saturated carbocycles. The van der Waals surface area contributed by atoms with Gasteiger partial charge in [0, 0.05) is 40.3 Å². The summed E-state index contributed by atoms with van der Waals surface area (Å²) in [6.45, 7) is 7.12. The molecule has 0 atom stereocenters. The number of aromatic nitrogens is 1. The van der Waals surface area contributed by atoms with Gasteiger partial charge in [-0.25, -0.2) is 0 Å². The summed E-state index contributed by atoms with van der Waals surface area (Å²) in [5, 5.41) is 3.32. The molecule has 7 heteroatoms. The third kappa shape index (κ3) is 4.46. The topological polar surface area (TPSA) is 71.4 Å². The summed E-state index contributed by atoms with van der Waals surface area (Å²) in [5.41, 5.74) is 2.53. The number of ketones is 1. The third-order valence-corrected chi connectivity index (χ3v) is 5.97. The number of rotatable bonds is 7. The molecule has 2 aromatic carbocycles. The highest BCUT2D eigenvalue weighted by Gasteiger charge is 2.23. The number of fused-ring (bicyclic) bond motifs is 1. The van der Waals surface area contributed by atoms with Gasteiger partial charge in [0.05, 0.1) is 5.56 Å². The van der Waals surface area contributed by atoms with Gasteiger partial charge in [-0.1, -0.05) is 34.1 Å². The molecule has 0 radical (unpaired) electrons. The minimum absolute atomic E-state index is 0.0328. The van der Waals surface area contributed by atoms with Crippen molar-refractivity contribution in [3.63, 3.8) is 0 Å². The molecule has 0 saturated heterocycles. The molecule has 0 spiro atoms. The molecular weight excluding hydrogens is 446 g/mol. The molecule has 156 valence electrons. The van der Waals surface area contributed by atoms with E-state index >= 15 is 0 Å². The highest BCUT2D eigenvalue weighted by Crippen LogP contribution is 2.24. The van der Waals surface area contributed by atoms with Gasteiger partial charge in [-0.3, -0.25) is 14.4 Å². The van der Waals surface area contributed by atoms with Crippen molar-refractivity contribution in [3.8, 4) is 0 Å². The zero-order valence-electron chi connectivity index (χ0n) is 17.2. The predicted octanol–water partition coefficient (Wildman–Crippen LogP) is 4.40. The zero-order valence-corrected chi connectivity index (χ0v) is 18.8. The Balaban J connectivity index is 1.89. The number of Topliss-reactive ketones (excluding diaryl/α,β-unsaturated/α-hetero) is 1. The van der Waals surface area contributed by atoms with Crippen LogP contribution in [0.3, 0.4) is 0 Å². The first-order valence-electron chi connectivity index (χ1n) is 9.83. The fraction of sp³-hybridized carbons (Fsp3) is 0.261. The van der Waals surface area contributed by atoms with E-state index in [0.717, 1.165) is 15.6 Å². The van der Waals surface area contributed by atoms with Crippen LogP contribution in [0.5, 0.6) is 0 Å². The number of aryl methyl sites for hydroxylation is 1. The lowest BCUT2D eigenvalue weighted by Crippen LogP contribution is -2.33. The first kappa shape index (κ1) is 21.8. The SMILES string of the molecule is CCN(CC)C(=O)Cn1cc(C(=O)C(=O)Nc2ccc(Br)c(C)c2)c2ccccc21. The first-order chi connectivity index (χ1) is 14.3. The van der Waals surface area contributed by atoms with Crippen molar-refractivity contribution in [3.05, 3.63) is 64.3 Å².